The van der Waals surface area contributed by atoms with Gasteiger partial charge in [-0.15, -0.1) is 0 Å². The largest absolute Gasteiger partial charge is 0.495 e. The molecule has 1 fully saturated rings. The molecule has 0 bridgehead atoms. The van der Waals surface area contributed by atoms with Crippen molar-refractivity contribution in [1.82, 2.24) is 4.90 Å². The molecule has 2 aromatic rings. The van der Waals surface area contributed by atoms with Gasteiger partial charge in [0.15, 0.2) is 11.5 Å². The number of carbonyl (C=O) groups excluding carboxylic acids is 1. The Morgan fingerprint density at radius 3 is 2.53 bits per heavy atom. The molecule has 160 valence electrons. The number of nitrogens with zero attached hydrogens (tertiary/aromatic N) is 2. The highest BCUT2D eigenvalue weighted by atomic mass is 35.5. The molecule has 1 amide bonds. The Morgan fingerprint density at radius 1 is 1.10 bits per heavy atom. The Morgan fingerprint density at radius 2 is 1.80 bits per heavy atom. The summed E-state index contributed by atoms with van der Waals surface area (Å²) in [5.41, 5.74) is 1.63. The van der Waals surface area contributed by atoms with Crippen molar-refractivity contribution < 1.29 is 19.0 Å². The topological polar surface area (TPSA) is 63.3 Å². The second kappa shape index (κ2) is 9.45. The predicted molar refractivity (Wildman–Crippen MR) is 117 cm³/mol. The Bertz CT molecular complexity index is 900. The molecule has 0 atom stereocenters. The summed E-state index contributed by atoms with van der Waals surface area (Å²) >= 11 is 6.33. The van der Waals surface area contributed by atoms with Gasteiger partial charge in [-0.2, -0.15) is 0 Å². The second-order valence-corrected chi connectivity index (χ2v) is 7.72. The average Bonchev–Trinajstić information content (AvgIpc) is 2.99. The highest BCUT2D eigenvalue weighted by Crippen LogP contribution is 2.37. The van der Waals surface area contributed by atoms with Crippen LogP contribution in [0.3, 0.4) is 0 Å². The zero-order valence-corrected chi connectivity index (χ0v) is 17.8. The number of halogens is 1. The highest BCUT2D eigenvalue weighted by Gasteiger charge is 2.22. The van der Waals surface area contributed by atoms with Crippen LogP contribution < -0.4 is 24.4 Å². The molecular formula is C22H26ClN3O4. The van der Waals surface area contributed by atoms with Crippen molar-refractivity contribution in [1.29, 1.82) is 0 Å². The zero-order valence-electron chi connectivity index (χ0n) is 17.0. The van der Waals surface area contributed by atoms with Gasteiger partial charge in [-0.05, 0) is 12.1 Å². The minimum absolute atomic E-state index is 0.0999. The van der Waals surface area contributed by atoms with Gasteiger partial charge in [-0.3, -0.25) is 9.69 Å². The minimum Gasteiger partial charge on any atom is -0.495 e. The number of methoxy groups -OCH3 is 1. The fourth-order valence-corrected chi connectivity index (χ4v) is 3.91. The first-order valence-corrected chi connectivity index (χ1v) is 10.5. The number of fused-ring (bicyclic) bond motifs is 1. The molecule has 1 N–H and O–H groups in total. The van der Waals surface area contributed by atoms with Crippen LogP contribution in [0.1, 0.15) is 6.42 Å². The molecule has 0 aliphatic carbocycles. The number of piperazine rings is 1. The fourth-order valence-electron chi connectivity index (χ4n) is 3.71. The standard InChI is InChI=1S/C22H26ClN3O4/c1-28-19-6-3-2-5-18(19)26-9-7-25(8-10-26)15-22(27)24-17-14-21-20(13-16(17)23)29-11-4-12-30-21/h2-3,5-6,13-14H,4,7-12,15H2,1H3,(H,24,27). The Labute approximate surface area is 181 Å². The summed E-state index contributed by atoms with van der Waals surface area (Å²) < 4.78 is 16.8. The Kier molecular flexibility index (Phi) is 6.50. The second-order valence-electron chi connectivity index (χ2n) is 7.31. The summed E-state index contributed by atoms with van der Waals surface area (Å²) in [6.07, 6.45) is 0.814. The first-order chi connectivity index (χ1) is 14.6. The molecule has 0 spiro atoms. The molecule has 2 aliphatic rings. The van der Waals surface area contributed by atoms with Crippen LogP contribution in [-0.4, -0.2) is 63.9 Å². The number of benzene rings is 2. The molecule has 0 unspecified atom stereocenters. The van der Waals surface area contributed by atoms with Crippen LogP contribution in [0.4, 0.5) is 11.4 Å². The molecule has 8 heteroatoms. The van der Waals surface area contributed by atoms with Crippen molar-refractivity contribution in [3.63, 3.8) is 0 Å². The molecule has 4 rings (SSSR count). The molecule has 2 aliphatic heterocycles. The minimum atomic E-state index is -0.0999. The molecule has 7 nitrogen and oxygen atoms in total. The summed E-state index contributed by atoms with van der Waals surface area (Å²) in [6.45, 7) is 4.73. The van der Waals surface area contributed by atoms with E-state index in [2.05, 4.69) is 21.2 Å². The van der Waals surface area contributed by atoms with Gasteiger partial charge in [0.1, 0.15) is 5.75 Å². The lowest BCUT2D eigenvalue weighted by molar-refractivity contribution is -0.117. The van der Waals surface area contributed by atoms with Gasteiger partial charge in [0.25, 0.3) is 0 Å². The van der Waals surface area contributed by atoms with E-state index in [1.54, 1.807) is 19.2 Å². The van der Waals surface area contributed by atoms with Crippen molar-refractivity contribution >= 4 is 28.9 Å². The predicted octanol–water partition coefficient (Wildman–Crippen LogP) is 3.27. The SMILES string of the molecule is COc1ccccc1N1CCN(CC(=O)Nc2cc3c(cc2Cl)OCCCO3)CC1. The molecule has 0 aromatic heterocycles. The normalized spacial score (nSPS) is 16.7. The van der Waals surface area contributed by atoms with E-state index in [0.29, 0.717) is 42.0 Å². The van der Waals surface area contributed by atoms with Gasteiger partial charge in [0.05, 0.1) is 43.3 Å². The fraction of sp³-hybridized carbons (Fsp3) is 0.409. The van der Waals surface area contributed by atoms with Crippen LogP contribution in [-0.2, 0) is 4.79 Å². The first-order valence-electron chi connectivity index (χ1n) is 10.1. The third-order valence-corrected chi connectivity index (χ3v) is 5.59. The third kappa shape index (κ3) is 4.74. The first kappa shape index (κ1) is 20.6. The van der Waals surface area contributed by atoms with E-state index in [1.807, 2.05) is 18.2 Å². The monoisotopic (exact) mass is 431 g/mol. The third-order valence-electron chi connectivity index (χ3n) is 5.28. The van der Waals surface area contributed by atoms with Gasteiger partial charge in [-0.25, -0.2) is 0 Å². The number of hydrogen-bond acceptors (Lipinski definition) is 6. The van der Waals surface area contributed by atoms with Crippen LogP contribution in [0.25, 0.3) is 0 Å². The maximum Gasteiger partial charge on any atom is 0.238 e. The van der Waals surface area contributed by atoms with Gasteiger partial charge < -0.3 is 24.4 Å². The van der Waals surface area contributed by atoms with Gasteiger partial charge in [-0.1, -0.05) is 23.7 Å². The number of hydrogen-bond donors (Lipinski definition) is 1. The van der Waals surface area contributed by atoms with Gasteiger partial charge >= 0.3 is 0 Å². The van der Waals surface area contributed by atoms with E-state index >= 15 is 0 Å². The number of amides is 1. The lowest BCUT2D eigenvalue weighted by Gasteiger charge is -2.36. The molecule has 30 heavy (non-hydrogen) atoms. The van der Waals surface area contributed by atoms with Crippen molar-refractivity contribution in [3.05, 3.63) is 41.4 Å². The van der Waals surface area contributed by atoms with Crippen molar-refractivity contribution in [2.75, 3.05) is 63.3 Å². The molecule has 2 heterocycles. The Hall–Kier alpha value is -2.64. The van der Waals surface area contributed by atoms with E-state index in [0.717, 1.165) is 44.0 Å². The zero-order chi connectivity index (χ0) is 20.9. The van der Waals surface area contributed by atoms with Crippen LogP contribution in [0.5, 0.6) is 17.2 Å². The number of nitrogens with one attached hydrogen (secondary N) is 1. The number of anilines is 2. The summed E-state index contributed by atoms with van der Waals surface area (Å²) in [6, 6.07) is 11.4. The summed E-state index contributed by atoms with van der Waals surface area (Å²) in [4.78, 5) is 17.0. The maximum atomic E-state index is 12.6. The summed E-state index contributed by atoms with van der Waals surface area (Å²) in [5.74, 6) is 1.99. The van der Waals surface area contributed by atoms with Crippen molar-refractivity contribution in [2.45, 2.75) is 6.42 Å². The number of para-hydroxylation sites is 2. The lowest BCUT2D eigenvalue weighted by atomic mass is 10.2. The molecular weight excluding hydrogens is 406 g/mol. The summed E-state index contributed by atoms with van der Waals surface area (Å²) in [5, 5.41) is 3.35. The molecule has 0 saturated carbocycles. The smallest absolute Gasteiger partial charge is 0.238 e. The maximum absolute atomic E-state index is 12.6. The number of rotatable bonds is 5. The highest BCUT2D eigenvalue weighted by molar-refractivity contribution is 6.34. The van der Waals surface area contributed by atoms with E-state index in [4.69, 9.17) is 25.8 Å². The van der Waals surface area contributed by atoms with E-state index < -0.39 is 0 Å². The van der Waals surface area contributed by atoms with Crippen LogP contribution in [0.15, 0.2) is 36.4 Å². The van der Waals surface area contributed by atoms with Crippen LogP contribution >= 0.6 is 11.6 Å². The quantitative estimate of drug-likeness (QED) is 0.784. The van der Waals surface area contributed by atoms with Gasteiger partial charge in [0.2, 0.25) is 5.91 Å². The molecule has 2 aromatic carbocycles. The van der Waals surface area contributed by atoms with Crippen molar-refractivity contribution in [3.8, 4) is 17.2 Å². The summed E-state index contributed by atoms with van der Waals surface area (Å²) in [7, 11) is 1.68. The number of ether oxygens (including phenoxy) is 3. The lowest BCUT2D eigenvalue weighted by Crippen LogP contribution is -2.48. The average molecular weight is 432 g/mol. The Balaban J connectivity index is 1.33. The van der Waals surface area contributed by atoms with Crippen molar-refractivity contribution in [2.24, 2.45) is 0 Å². The van der Waals surface area contributed by atoms with Gasteiger partial charge in [0, 0.05) is 44.7 Å². The molecule has 0 radical (unpaired) electrons. The van der Waals surface area contributed by atoms with E-state index in [1.165, 1.54) is 0 Å². The number of carbonyl (C=O) groups is 1. The van der Waals surface area contributed by atoms with E-state index in [9.17, 15) is 4.79 Å². The van der Waals surface area contributed by atoms with E-state index in [-0.39, 0.29) is 5.91 Å². The van der Waals surface area contributed by atoms with Crippen LogP contribution in [0.2, 0.25) is 5.02 Å². The molecule has 1 saturated heterocycles. The van der Waals surface area contributed by atoms with Crippen LogP contribution in [0, 0.1) is 0 Å².